The average molecular weight is 448 g/mol. The molecule has 0 aromatic carbocycles. The molecule has 2 fully saturated rings. The highest BCUT2D eigenvalue weighted by Crippen LogP contribution is 2.42. The zero-order valence-electron chi connectivity index (χ0n) is 18.8. The number of amides is 1. The monoisotopic (exact) mass is 447 g/mol. The van der Waals surface area contributed by atoms with Crippen molar-refractivity contribution >= 4 is 33.6 Å². The molecule has 3 heterocycles. The number of nitrogens with zero attached hydrogens (tertiary/aromatic N) is 2. The lowest BCUT2D eigenvalue weighted by Gasteiger charge is -2.35. The summed E-state index contributed by atoms with van der Waals surface area (Å²) in [4.78, 5) is 37.3. The fourth-order valence-electron chi connectivity index (χ4n) is 6.28. The molecule has 3 aromatic rings. The maximum absolute atomic E-state index is 13.2. The van der Waals surface area contributed by atoms with Gasteiger partial charge < -0.3 is 10.7 Å². The van der Waals surface area contributed by atoms with Crippen LogP contribution < -0.4 is 5.73 Å². The molecule has 1 radical (unpaired) electrons. The third-order valence-electron chi connectivity index (χ3n) is 8.10. The van der Waals surface area contributed by atoms with Gasteiger partial charge in [-0.05, 0) is 80.4 Å². The lowest BCUT2D eigenvalue weighted by Crippen LogP contribution is -2.37. The van der Waals surface area contributed by atoms with E-state index in [1.54, 1.807) is 0 Å². The van der Waals surface area contributed by atoms with Gasteiger partial charge in [-0.2, -0.15) is 0 Å². The predicted octanol–water partition coefficient (Wildman–Crippen LogP) is 4.29. The highest BCUT2D eigenvalue weighted by molar-refractivity contribution is 6.05. The van der Waals surface area contributed by atoms with Crippen LogP contribution in [0.15, 0.2) is 30.7 Å². The molecule has 2 saturated carbocycles. The Bertz CT molecular complexity index is 1160. The average Bonchev–Trinajstić information content (AvgIpc) is 3.33. The molecule has 0 aliphatic heterocycles. The van der Waals surface area contributed by atoms with E-state index >= 15 is 0 Å². The van der Waals surface area contributed by atoms with E-state index in [1.807, 2.05) is 18.6 Å². The maximum atomic E-state index is 13.2. The number of nitrogens with one attached hydrogen (secondary N) is 1. The standard InChI is InChI=1S/C26H31N4O3/c27-25(33)20-6-1-15(14-31)11-18(20)12-23(32)17-4-2-16(3-5-17)19-7-9-28-22-13-30-26-21(24(19)22)8-10-29-26/h7-10,13,15-18,20H,1-6,11-12,14H2,(H2,27,33)(H,29,30). The molecule has 2 aliphatic rings. The van der Waals surface area contributed by atoms with Gasteiger partial charge in [0.25, 0.3) is 0 Å². The molecule has 3 N–H and O–H groups in total. The van der Waals surface area contributed by atoms with Crippen LogP contribution in [-0.4, -0.2) is 33.2 Å². The summed E-state index contributed by atoms with van der Waals surface area (Å²) in [6.45, 7) is -0.134. The normalized spacial score (nSPS) is 28.2. The van der Waals surface area contributed by atoms with Crippen LogP contribution in [0.2, 0.25) is 0 Å². The van der Waals surface area contributed by atoms with Crippen molar-refractivity contribution in [2.75, 3.05) is 6.61 Å². The quantitative estimate of drug-likeness (QED) is 0.585. The van der Waals surface area contributed by atoms with Crippen molar-refractivity contribution < 1.29 is 14.7 Å². The minimum absolute atomic E-state index is 0.0319. The highest BCUT2D eigenvalue weighted by Gasteiger charge is 2.37. The van der Waals surface area contributed by atoms with Gasteiger partial charge >= 0.3 is 0 Å². The number of aromatic nitrogens is 3. The molecule has 0 bridgehead atoms. The molecule has 3 atom stereocenters. The van der Waals surface area contributed by atoms with E-state index in [2.05, 4.69) is 27.1 Å². The summed E-state index contributed by atoms with van der Waals surface area (Å²) < 4.78 is 0. The molecule has 5 rings (SSSR count). The zero-order valence-corrected chi connectivity index (χ0v) is 18.8. The topological polar surface area (TPSA) is 122 Å². The molecule has 1 amide bonds. The van der Waals surface area contributed by atoms with Crippen LogP contribution in [0.3, 0.4) is 0 Å². The summed E-state index contributed by atoms with van der Waals surface area (Å²) in [5.74, 6) is 0.0629. The molecule has 0 saturated heterocycles. The van der Waals surface area contributed by atoms with Gasteiger partial charge in [-0.15, -0.1) is 0 Å². The largest absolute Gasteiger partial charge is 0.369 e. The fraction of sp³-hybridized carbons (Fsp3) is 0.538. The Labute approximate surface area is 193 Å². The van der Waals surface area contributed by atoms with Crippen molar-refractivity contribution in [2.45, 2.75) is 57.3 Å². The van der Waals surface area contributed by atoms with Crippen molar-refractivity contribution in [3.63, 3.8) is 0 Å². The van der Waals surface area contributed by atoms with Crippen LogP contribution in [-0.2, 0) is 14.7 Å². The minimum atomic E-state index is -0.323. The molecular formula is C26H31N4O3. The highest BCUT2D eigenvalue weighted by atomic mass is 16.3. The van der Waals surface area contributed by atoms with E-state index in [0.717, 1.165) is 54.0 Å². The van der Waals surface area contributed by atoms with Crippen molar-refractivity contribution in [2.24, 2.45) is 29.4 Å². The Hall–Kier alpha value is -2.80. The van der Waals surface area contributed by atoms with E-state index in [0.29, 0.717) is 25.2 Å². The van der Waals surface area contributed by atoms with E-state index in [4.69, 9.17) is 5.73 Å². The second-order valence-electron chi connectivity index (χ2n) is 9.99. The molecule has 7 nitrogen and oxygen atoms in total. The van der Waals surface area contributed by atoms with Gasteiger partial charge in [0.05, 0.1) is 18.3 Å². The number of hydrogen-bond acceptors (Lipinski definition) is 4. The van der Waals surface area contributed by atoms with Crippen LogP contribution in [0, 0.1) is 23.7 Å². The van der Waals surface area contributed by atoms with Crippen molar-refractivity contribution in [1.29, 1.82) is 0 Å². The summed E-state index contributed by atoms with van der Waals surface area (Å²) >= 11 is 0. The summed E-state index contributed by atoms with van der Waals surface area (Å²) in [6, 6.07) is 4.17. The SMILES string of the molecule is NC(=O)C1CCC(C[O])CC1CC(=O)C1CCC(c2ccnc3cnc4[nH]ccc4c23)CC1. The fourth-order valence-corrected chi connectivity index (χ4v) is 6.28. The Morgan fingerprint density at radius 1 is 1.06 bits per heavy atom. The second-order valence-corrected chi connectivity index (χ2v) is 9.99. The summed E-state index contributed by atoms with van der Waals surface area (Å²) in [5, 5.41) is 13.7. The first-order valence-electron chi connectivity index (χ1n) is 12.2. The van der Waals surface area contributed by atoms with Gasteiger partial charge in [0.15, 0.2) is 0 Å². The Balaban J connectivity index is 1.28. The smallest absolute Gasteiger partial charge is 0.220 e. The van der Waals surface area contributed by atoms with Crippen LogP contribution in [0.25, 0.3) is 21.9 Å². The first-order chi connectivity index (χ1) is 16.0. The number of primary amides is 1. The molecule has 173 valence electrons. The number of fused-ring (bicyclic) bond motifs is 3. The van der Waals surface area contributed by atoms with Crippen molar-refractivity contribution in [3.8, 4) is 0 Å². The summed E-state index contributed by atoms with van der Waals surface area (Å²) in [5.41, 5.74) is 8.68. The van der Waals surface area contributed by atoms with E-state index < -0.39 is 0 Å². The third-order valence-corrected chi connectivity index (χ3v) is 8.10. The van der Waals surface area contributed by atoms with E-state index in [-0.39, 0.29) is 42.0 Å². The number of H-pyrrole nitrogens is 1. The zero-order chi connectivity index (χ0) is 22.9. The van der Waals surface area contributed by atoms with Crippen LogP contribution in [0.1, 0.15) is 62.8 Å². The first kappa shape index (κ1) is 22.0. The van der Waals surface area contributed by atoms with Gasteiger partial charge in [-0.3, -0.25) is 14.6 Å². The Morgan fingerprint density at radius 2 is 1.88 bits per heavy atom. The summed E-state index contributed by atoms with van der Waals surface area (Å²) in [7, 11) is 0. The number of aromatic amines is 1. The number of pyridine rings is 2. The summed E-state index contributed by atoms with van der Waals surface area (Å²) in [6.07, 6.45) is 11.6. The van der Waals surface area contributed by atoms with Crippen molar-refractivity contribution in [1.82, 2.24) is 15.0 Å². The number of nitrogens with two attached hydrogens (primary N) is 1. The molecule has 0 spiro atoms. The van der Waals surface area contributed by atoms with E-state index in [9.17, 15) is 14.7 Å². The van der Waals surface area contributed by atoms with Crippen LogP contribution in [0.5, 0.6) is 0 Å². The van der Waals surface area contributed by atoms with Gasteiger partial charge in [-0.1, -0.05) is 0 Å². The lowest BCUT2D eigenvalue weighted by atomic mass is 9.69. The molecule has 2 aliphatic carbocycles. The Kier molecular flexibility index (Phi) is 6.15. The first-order valence-corrected chi connectivity index (χ1v) is 12.2. The number of Topliss-reactive ketones (excluding diaryl/α,β-unsaturated/α-hetero) is 1. The molecule has 3 aromatic heterocycles. The number of carbonyl (C=O) groups excluding carboxylic acids is 2. The maximum Gasteiger partial charge on any atom is 0.220 e. The Morgan fingerprint density at radius 3 is 2.64 bits per heavy atom. The van der Waals surface area contributed by atoms with Gasteiger partial charge in [0.2, 0.25) is 5.91 Å². The minimum Gasteiger partial charge on any atom is -0.369 e. The lowest BCUT2D eigenvalue weighted by molar-refractivity contribution is -0.129. The van der Waals surface area contributed by atoms with Gasteiger partial charge in [-0.25, -0.2) is 10.1 Å². The second kappa shape index (κ2) is 9.21. The molecule has 3 unspecified atom stereocenters. The molecule has 7 heteroatoms. The van der Waals surface area contributed by atoms with Gasteiger partial charge in [0, 0.05) is 41.4 Å². The van der Waals surface area contributed by atoms with E-state index in [1.165, 1.54) is 5.56 Å². The number of rotatable bonds is 6. The number of hydrogen-bond donors (Lipinski definition) is 2. The molecular weight excluding hydrogens is 416 g/mol. The van der Waals surface area contributed by atoms with Crippen molar-refractivity contribution in [3.05, 3.63) is 36.3 Å². The third kappa shape index (κ3) is 4.26. The molecule has 33 heavy (non-hydrogen) atoms. The van der Waals surface area contributed by atoms with Crippen LogP contribution in [0.4, 0.5) is 0 Å². The van der Waals surface area contributed by atoms with Crippen LogP contribution >= 0.6 is 0 Å². The number of carbonyl (C=O) groups is 2. The number of ketones is 1. The van der Waals surface area contributed by atoms with Gasteiger partial charge in [0.1, 0.15) is 11.4 Å². The predicted molar refractivity (Wildman–Crippen MR) is 125 cm³/mol.